The SMILES string of the molecule is Cc1nc(CN2CCCC[C@@H]2CCNS(C)(=O)=O)sc1C. The van der Waals surface area contributed by atoms with Crippen LogP contribution in [0.15, 0.2) is 0 Å². The fourth-order valence-corrected chi connectivity index (χ4v) is 4.23. The van der Waals surface area contributed by atoms with Crippen LogP contribution in [0.3, 0.4) is 0 Å². The summed E-state index contributed by atoms with van der Waals surface area (Å²) in [4.78, 5) is 8.38. The molecule has 0 spiro atoms. The predicted octanol–water partition coefficient (Wildman–Crippen LogP) is 2.05. The van der Waals surface area contributed by atoms with Crippen molar-refractivity contribution in [2.75, 3.05) is 19.3 Å². The maximum absolute atomic E-state index is 11.2. The van der Waals surface area contributed by atoms with Crippen molar-refractivity contribution in [1.82, 2.24) is 14.6 Å². The number of hydrogen-bond acceptors (Lipinski definition) is 5. The Morgan fingerprint density at radius 3 is 2.76 bits per heavy atom. The highest BCUT2D eigenvalue weighted by atomic mass is 32.2. The van der Waals surface area contributed by atoms with Crippen molar-refractivity contribution in [3.05, 3.63) is 15.6 Å². The Balaban J connectivity index is 1.92. The number of nitrogens with one attached hydrogen (secondary N) is 1. The Hall–Kier alpha value is -0.500. The third-order valence-electron chi connectivity index (χ3n) is 4.00. The van der Waals surface area contributed by atoms with Gasteiger partial charge >= 0.3 is 0 Å². The molecule has 1 N–H and O–H groups in total. The summed E-state index contributed by atoms with van der Waals surface area (Å²) in [5, 5.41) is 1.17. The van der Waals surface area contributed by atoms with E-state index in [-0.39, 0.29) is 0 Å². The highest BCUT2D eigenvalue weighted by Crippen LogP contribution is 2.24. The van der Waals surface area contributed by atoms with E-state index in [9.17, 15) is 8.42 Å². The molecular weight excluding hydrogens is 306 g/mol. The van der Waals surface area contributed by atoms with Crippen molar-refractivity contribution >= 4 is 21.4 Å². The summed E-state index contributed by atoms with van der Waals surface area (Å²) in [5.41, 5.74) is 1.13. The van der Waals surface area contributed by atoms with E-state index >= 15 is 0 Å². The molecule has 1 fully saturated rings. The zero-order valence-corrected chi connectivity index (χ0v) is 14.7. The molecule has 2 rings (SSSR count). The lowest BCUT2D eigenvalue weighted by Gasteiger charge is -2.35. The molecule has 2 heterocycles. The molecule has 1 aromatic heterocycles. The van der Waals surface area contributed by atoms with Gasteiger partial charge in [0.1, 0.15) is 5.01 Å². The van der Waals surface area contributed by atoms with Crippen LogP contribution in [-0.2, 0) is 16.6 Å². The summed E-state index contributed by atoms with van der Waals surface area (Å²) in [6, 6.07) is 0.456. The summed E-state index contributed by atoms with van der Waals surface area (Å²) in [6.45, 7) is 6.67. The van der Waals surface area contributed by atoms with E-state index in [0.29, 0.717) is 12.6 Å². The lowest BCUT2D eigenvalue weighted by Crippen LogP contribution is -2.41. The molecule has 0 bridgehead atoms. The van der Waals surface area contributed by atoms with Crippen LogP contribution in [0.1, 0.15) is 41.3 Å². The third kappa shape index (κ3) is 5.32. The van der Waals surface area contributed by atoms with Crippen LogP contribution in [0.4, 0.5) is 0 Å². The van der Waals surface area contributed by atoms with Gasteiger partial charge in [0.2, 0.25) is 10.0 Å². The molecule has 5 nitrogen and oxygen atoms in total. The summed E-state index contributed by atoms with van der Waals surface area (Å²) in [6.07, 6.45) is 5.69. The van der Waals surface area contributed by atoms with Crippen molar-refractivity contribution in [2.45, 2.75) is 52.1 Å². The Morgan fingerprint density at radius 1 is 1.38 bits per heavy atom. The van der Waals surface area contributed by atoms with Gasteiger partial charge in [-0.1, -0.05) is 6.42 Å². The number of hydrogen-bond donors (Lipinski definition) is 1. The minimum Gasteiger partial charge on any atom is -0.294 e. The van der Waals surface area contributed by atoms with E-state index in [4.69, 9.17) is 0 Å². The topological polar surface area (TPSA) is 62.3 Å². The van der Waals surface area contributed by atoms with Crippen LogP contribution < -0.4 is 4.72 Å². The van der Waals surface area contributed by atoms with Gasteiger partial charge in [-0.25, -0.2) is 18.1 Å². The lowest BCUT2D eigenvalue weighted by atomic mass is 9.99. The van der Waals surface area contributed by atoms with E-state index in [0.717, 1.165) is 31.6 Å². The summed E-state index contributed by atoms with van der Waals surface area (Å²) < 4.78 is 24.9. The smallest absolute Gasteiger partial charge is 0.208 e. The van der Waals surface area contributed by atoms with Crippen molar-refractivity contribution in [3.8, 4) is 0 Å². The van der Waals surface area contributed by atoms with Crippen molar-refractivity contribution in [1.29, 1.82) is 0 Å². The van der Waals surface area contributed by atoms with Gasteiger partial charge in [0.15, 0.2) is 0 Å². The van der Waals surface area contributed by atoms with Crippen molar-refractivity contribution in [3.63, 3.8) is 0 Å². The van der Waals surface area contributed by atoms with Gasteiger partial charge in [0, 0.05) is 17.5 Å². The quantitative estimate of drug-likeness (QED) is 0.867. The van der Waals surface area contributed by atoms with Crippen LogP contribution in [0, 0.1) is 13.8 Å². The molecule has 0 unspecified atom stereocenters. The second-order valence-corrected chi connectivity index (χ2v) is 8.95. The zero-order valence-electron chi connectivity index (χ0n) is 13.1. The van der Waals surface area contributed by atoms with E-state index < -0.39 is 10.0 Å². The van der Waals surface area contributed by atoms with Gasteiger partial charge in [-0.15, -0.1) is 11.3 Å². The molecule has 7 heteroatoms. The van der Waals surface area contributed by atoms with Gasteiger partial charge in [-0.3, -0.25) is 4.90 Å². The monoisotopic (exact) mass is 331 g/mol. The molecular formula is C14H25N3O2S2. The molecule has 0 amide bonds. The molecule has 21 heavy (non-hydrogen) atoms. The fraction of sp³-hybridized carbons (Fsp3) is 0.786. The molecule has 0 saturated carbocycles. The number of aromatic nitrogens is 1. The molecule has 0 aromatic carbocycles. The first-order valence-electron chi connectivity index (χ1n) is 7.47. The van der Waals surface area contributed by atoms with Crippen LogP contribution in [0.25, 0.3) is 0 Å². The summed E-state index contributed by atoms with van der Waals surface area (Å²) in [5.74, 6) is 0. The number of likely N-dealkylation sites (tertiary alicyclic amines) is 1. The highest BCUT2D eigenvalue weighted by Gasteiger charge is 2.23. The molecule has 1 aromatic rings. The summed E-state index contributed by atoms with van der Waals surface area (Å²) >= 11 is 1.77. The molecule has 1 saturated heterocycles. The van der Waals surface area contributed by atoms with Crippen LogP contribution >= 0.6 is 11.3 Å². The van der Waals surface area contributed by atoms with Crippen molar-refractivity contribution < 1.29 is 8.42 Å². The average Bonchev–Trinajstić information content (AvgIpc) is 2.69. The Kier molecular flexibility index (Phi) is 5.76. The number of rotatable bonds is 6. The number of sulfonamides is 1. The second-order valence-electron chi connectivity index (χ2n) is 5.82. The average molecular weight is 332 g/mol. The van der Waals surface area contributed by atoms with Crippen LogP contribution in [0.5, 0.6) is 0 Å². The number of thiazole rings is 1. The molecule has 1 atom stereocenters. The van der Waals surface area contributed by atoms with Gasteiger partial charge in [0.25, 0.3) is 0 Å². The maximum atomic E-state index is 11.2. The van der Waals surface area contributed by atoms with Gasteiger partial charge in [0.05, 0.1) is 18.5 Å². The molecule has 0 radical (unpaired) electrons. The Bertz CT molecular complexity index is 549. The number of nitrogens with zero attached hydrogens (tertiary/aromatic N) is 2. The Labute approximate surface area is 131 Å². The van der Waals surface area contributed by atoms with E-state index in [1.807, 2.05) is 0 Å². The summed E-state index contributed by atoms with van der Waals surface area (Å²) in [7, 11) is -3.08. The zero-order chi connectivity index (χ0) is 15.5. The second kappa shape index (κ2) is 7.17. The predicted molar refractivity (Wildman–Crippen MR) is 87.1 cm³/mol. The first-order chi connectivity index (χ1) is 9.85. The van der Waals surface area contributed by atoms with Gasteiger partial charge in [-0.2, -0.15) is 0 Å². The normalized spacial score (nSPS) is 20.8. The minimum atomic E-state index is -3.08. The van der Waals surface area contributed by atoms with Crippen LogP contribution in [-0.4, -0.2) is 43.7 Å². The van der Waals surface area contributed by atoms with E-state index in [1.54, 1.807) is 11.3 Å². The molecule has 0 aliphatic carbocycles. The first kappa shape index (κ1) is 16.9. The number of aryl methyl sites for hydroxylation is 2. The molecule has 1 aliphatic rings. The van der Waals surface area contributed by atoms with Crippen LogP contribution in [0.2, 0.25) is 0 Å². The lowest BCUT2D eigenvalue weighted by molar-refractivity contribution is 0.133. The maximum Gasteiger partial charge on any atom is 0.208 e. The van der Waals surface area contributed by atoms with E-state index in [1.165, 1.54) is 29.0 Å². The fourth-order valence-electron chi connectivity index (χ4n) is 2.79. The third-order valence-corrected chi connectivity index (χ3v) is 5.79. The van der Waals surface area contributed by atoms with Gasteiger partial charge < -0.3 is 0 Å². The Morgan fingerprint density at radius 2 is 2.14 bits per heavy atom. The van der Waals surface area contributed by atoms with Crippen molar-refractivity contribution in [2.24, 2.45) is 0 Å². The minimum absolute atomic E-state index is 0.456. The van der Waals surface area contributed by atoms with E-state index in [2.05, 4.69) is 28.5 Å². The van der Waals surface area contributed by atoms with Gasteiger partial charge in [-0.05, 0) is 39.7 Å². The highest BCUT2D eigenvalue weighted by molar-refractivity contribution is 7.88. The standard InChI is InChI=1S/C14H25N3O2S2/c1-11-12(2)20-14(16-11)10-17-9-5-4-6-13(17)7-8-15-21(3,18)19/h13,15H,4-10H2,1-3H3/t13-/m1/s1. The molecule has 1 aliphatic heterocycles. The largest absolute Gasteiger partial charge is 0.294 e. The first-order valence-corrected chi connectivity index (χ1v) is 10.2. The number of piperidine rings is 1. The molecule has 120 valence electrons.